The molecule has 1 fully saturated rings. The molecule has 8 heteroatoms. The van der Waals surface area contributed by atoms with Crippen molar-refractivity contribution in [3.05, 3.63) is 41.6 Å². The molecule has 1 amide bonds. The van der Waals surface area contributed by atoms with Crippen LogP contribution in [0.3, 0.4) is 0 Å². The molecule has 1 aliphatic rings. The molecule has 0 atom stereocenters. The number of rotatable bonds is 7. The Morgan fingerprint density at radius 2 is 1.93 bits per heavy atom. The zero-order chi connectivity index (χ0) is 20.1. The van der Waals surface area contributed by atoms with E-state index in [9.17, 15) is 13.2 Å². The van der Waals surface area contributed by atoms with Gasteiger partial charge in [0.25, 0.3) is 0 Å². The molecule has 2 aromatic rings. The first-order chi connectivity index (χ1) is 13.4. The third kappa shape index (κ3) is 4.99. The predicted molar refractivity (Wildman–Crippen MR) is 109 cm³/mol. The summed E-state index contributed by atoms with van der Waals surface area (Å²) in [5.41, 5.74) is 1.55. The number of carbonyl (C=O) groups excluding carboxylic acids is 1. The Labute approximate surface area is 166 Å². The number of hydrogen-bond acceptors (Lipinski definition) is 4. The fourth-order valence-corrected chi connectivity index (χ4v) is 4.97. The molecule has 7 nitrogen and oxygen atoms in total. The monoisotopic (exact) mass is 404 g/mol. The maximum atomic E-state index is 12.5. The van der Waals surface area contributed by atoms with Crippen molar-refractivity contribution in [2.24, 2.45) is 0 Å². The minimum atomic E-state index is -3.64. The van der Waals surface area contributed by atoms with Crippen LogP contribution in [-0.2, 0) is 14.8 Å². The highest BCUT2D eigenvalue weighted by molar-refractivity contribution is 7.89. The number of nitrogens with zero attached hydrogens (tertiary/aromatic N) is 2. The van der Waals surface area contributed by atoms with E-state index in [0.717, 1.165) is 18.4 Å². The number of nitrogens with one attached hydrogen (secondary N) is 2. The van der Waals surface area contributed by atoms with Gasteiger partial charge in [0.1, 0.15) is 5.82 Å². The summed E-state index contributed by atoms with van der Waals surface area (Å²) in [6.45, 7) is 3.65. The largest absolute Gasteiger partial charge is 0.311 e. The van der Waals surface area contributed by atoms with Crippen LogP contribution in [0.5, 0.6) is 0 Å². The van der Waals surface area contributed by atoms with Crippen LogP contribution in [-0.4, -0.2) is 30.7 Å². The van der Waals surface area contributed by atoms with Gasteiger partial charge in [-0.3, -0.25) is 4.79 Å². The van der Waals surface area contributed by atoms with E-state index in [1.807, 2.05) is 17.7 Å². The Kier molecular flexibility index (Phi) is 6.51. The first-order valence-electron chi connectivity index (χ1n) is 9.77. The molecule has 152 valence electrons. The minimum absolute atomic E-state index is 0.0408. The van der Waals surface area contributed by atoms with Gasteiger partial charge in [0, 0.05) is 19.0 Å². The molecule has 1 heterocycles. The average molecular weight is 405 g/mol. The maximum Gasteiger partial charge on any atom is 0.240 e. The lowest BCUT2D eigenvalue weighted by Gasteiger charge is -2.23. The Balaban J connectivity index is 1.55. The number of amides is 1. The highest BCUT2D eigenvalue weighted by Gasteiger charge is 2.20. The van der Waals surface area contributed by atoms with E-state index in [1.165, 1.54) is 19.3 Å². The second-order valence-electron chi connectivity index (χ2n) is 7.42. The van der Waals surface area contributed by atoms with Crippen LogP contribution in [0.1, 0.15) is 55.7 Å². The van der Waals surface area contributed by atoms with Crippen molar-refractivity contribution in [1.29, 1.82) is 0 Å². The molecule has 1 saturated carbocycles. The van der Waals surface area contributed by atoms with E-state index in [2.05, 4.69) is 15.1 Å². The van der Waals surface area contributed by atoms with Gasteiger partial charge in [-0.05, 0) is 43.9 Å². The molecule has 0 spiro atoms. The van der Waals surface area contributed by atoms with Gasteiger partial charge in [-0.25, -0.2) is 17.8 Å². The van der Waals surface area contributed by atoms with Crippen LogP contribution >= 0.6 is 0 Å². The normalized spacial score (nSPS) is 15.5. The zero-order valence-corrected chi connectivity index (χ0v) is 17.3. The van der Waals surface area contributed by atoms with Gasteiger partial charge in [0.15, 0.2) is 0 Å². The maximum absolute atomic E-state index is 12.5. The molecular formula is C20H28N4O3S. The summed E-state index contributed by atoms with van der Waals surface area (Å²) in [6, 6.07) is 7.40. The summed E-state index contributed by atoms with van der Waals surface area (Å²) in [5.74, 6) is 0.440. The smallest absolute Gasteiger partial charge is 0.240 e. The van der Waals surface area contributed by atoms with E-state index in [1.54, 1.807) is 31.3 Å². The Morgan fingerprint density at radius 1 is 1.18 bits per heavy atom. The topological polar surface area (TPSA) is 93.1 Å². The summed E-state index contributed by atoms with van der Waals surface area (Å²) >= 11 is 0. The molecule has 0 radical (unpaired) electrons. The lowest BCUT2D eigenvalue weighted by Crippen LogP contribution is -2.29. The Bertz CT molecular complexity index is 931. The quantitative estimate of drug-likeness (QED) is 0.740. The second kappa shape index (κ2) is 8.87. The number of carbonyl (C=O) groups is 1. The van der Waals surface area contributed by atoms with Gasteiger partial charge in [0.05, 0.1) is 17.1 Å². The number of aryl methyl sites for hydroxylation is 2. The van der Waals surface area contributed by atoms with Crippen molar-refractivity contribution < 1.29 is 13.2 Å². The molecule has 1 aromatic carbocycles. The highest BCUT2D eigenvalue weighted by Crippen LogP contribution is 2.29. The molecule has 0 bridgehead atoms. The summed E-state index contributed by atoms with van der Waals surface area (Å²) in [5, 5.41) is 7.22. The van der Waals surface area contributed by atoms with Crippen LogP contribution in [0.2, 0.25) is 0 Å². The van der Waals surface area contributed by atoms with Gasteiger partial charge >= 0.3 is 0 Å². The first-order valence-corrected chi connectivity index (χ1v) is 11.3. The summed E-state index contributed by atoms with van der Waals surface area (Å²) in [6.07, 6.45) is 7.49. The van der Waals surface area contributed by atoms with E-state index in [4.69, 9.17) is 0 Å². The van der Waals surface area contributed by atoms with Gasteiger partial charge < -0.3 is 5.32 Å². The zero-order valence-electron chi connectivity index (χ0n) is 16.4. The molecule has 3 rings (SSSR count). The average Bonchev–Trinajstić information content (AvgIpc) is 3.12. The molecular weight excluding hydrogens is 376 g/mol. The van der Waals surface area contributed by atoms with Crippen LogP contribution in [0.25, 0.3) is 0 Å². The molecule has 0 unspecified atom stereocenters. The van der Waals surface area contributed by atoms with Gasteiger partial charge in [0.2, 0.25) is 15.9 Å². The van der Waals surface area contributed by atoms with Gasteiger partial charge in [-0.1, -0.05) is 31.4 Å². The summed E-state index contributed by atoms with van der Waals surface area (Å²) in [7, 11) is -3.64. The lowest BCUT2D eigenvalue weighted by atomic mass is 9.96. The molecule has 28 heavy (non-hydrogen) atoms. The standard InChI is InChI=1S/C20H28N4O3S/c1-15-8-9-16(2)18(14-15)28(26,27)22-13-11-20(25)23-19-10-12-21-24(19)17-6-4-3-5-7-17/h8-10,12,14,17,22H,3-7,11,13H2,1-2H3,(H,23,25). The van der Waals surface area contributed by atoms with E-state index >= 15 is 0 Å². The highest BCUT2D eigenvalue weighted by atomic mass is 32.2. The number of anilines is 1. The molecule has 2 N–H and O–H groups in total. The van der Waals surface area contributed by atoms with Crippen LogP contribution in [0.4, 0.5) is 5.82 Å². The van der Waals surface area contributed by atoms with E-state index < -0.39 is 10.0 Å². The molecule has 1 aromatic heterocycles. The number of hydrogen-bond donors (Lipinski definition) is 2. The van der Waals surface area contributed by atoms with Crippen LogP contribution in [0.15, 0.2) is 35.4 Å². The van der Waals surface area contributed by atoms with Gasteiger partial charge in [-0.2, -0.15) is 5.10 Å². The van der Waals surface area contributed by atoms with E-state index in [0.29, 0.717) is 17.4 Å². The SMILES string of the molecule is Cc1ccc(C)c(S(=O)(=O)NCCC(=O)Nc2ccnn2C2CCCCC2)c1. The van der Waals surface area contributed by atoms with Crippen molar-refractivity contribution in [3.63, 3.8) is 0 Å². The number of benzene rings is 1. The van der Waals surface area contributed by atoms with Crippen molar-refractivity contribution in [2.75, 3.05) is 11.9 Å². The second-order valence-corrected chi connectivity index (χ2v) is 9.15. The van der Waals surface area contributed by atoms with Crippen molar-refractivity contribution in [2.45, 2.75) is 63.3 Å². The van der Waals surface area contributed by atoms with Crippen LogP contribution in [0, 0.1) is 13.8 Å². The fourth-order valence-electron chi connectivity index (χ4n) is 3.61. The van der Waals surface area contributed by atoms with E-state index in [-0.39, 0.29) is 23.8 Å². The first kappa shape index (κ1) is 20.5. The van der Waals surface area contributed by atoms with Gasteiger partial charge in [-0.15, -0.1) is 0 Å². The molecule has 1 aliphatic carbocycles. The number of aromatic nitrogens is 2. The van der Waals surface area contributed by atoms with Crippen molar-refractivity contribution in [3.8, 4) is 0 Å². The lowest BCUT2D eigenvalue weighted by molar-refractivity contribution is -0.116. The van der Waals surface area contributed by atoms with Crippen molar-refractivity contribution in [1.82, 2.24) is 14.5 Å². The minimum Gasteiger partial charge on any atom is -0.311 e. The Hall–Kier alpha value is -2.19. The summed E-state index contributed by atoms with van der Waals surface area (Å²) in [4.78, 5) is 12.6. The third-order valence-electron chi connectivity index (χ3n) is 5.14. The third-order valence-corrected chi connectivity index (χ3v) is 6.74. The summed E-state index contributed by atoms with van der Waals surface area (Å²) < 4.78 is 29.4. The predicted octanol–water partition coefficient (Wildman–Crippen LogP) is 3.31. The fraction of sp³-hybridized carbons (Fsp3) is 0.500. The van der Waals surface area contributed by atoms with Crippen molar-refractivity contribution >= 4 is 21.7 Å². The Morgan fingerprint density at radius 3 is 2.68 bits per heavy atom. The molecule has 0 saturated heterocycles. The van der Waals surface area contributed by atoms with Crippen LogP contribution < -0.4 is 10.0 Å². The molecule has 0 aliphatic heterocycles. The number of sulfonamides is 1.